The van der Waals surface area contributed by atoms with E-state index < -0.39 is 31.0 Å². The Hall–Kier alpha value is -1.51. The van der Waals surface area contributed by atoms with Crippen molar-refractivity contribution in [1.82, 2.24) is 9.97 Å². The molecule has 0 spiro atoms. The highest BCUT2D eigenvalue weighted by atomic mass is 16.4. The van der Waals surface area contributed by atoms with Gasteiger partial charge in [-0.05, 0) is 12.1 Å². The molecule has 104 valence electrons. The zero-order chi connectivity index (χ0) is 14.0. The Kier molecular flexibility index (Phi) is 4.13. The first kappa shape index (κ1) is 13.9. The minimum Gasteiger partial charge on any atom is -0.394 e. The van der Waals surface area contributed by atoms with E-state index in [1.165, 1.54) is 0 Å². The first-order valence-electron chi connectivity index (χ1n) is 5.82. The number of aliphatic hydroxyl groups excluding tert-OH is 5. The van der Waals surface area contributed by atoms with Crippen molar-refractivity contribution in [3.05, 3.63) is 30.1 Å². The van der Waals surface area contributed by atoms with Crippen LogP contribution in [0.4, 0.5) is 0 Å². The number of hydrogen-bond donors (Lipinski definition) is 6. The van der Waals surface area contributed by atoms with E-state index in [1.807, 2.05) is 0 Å². The van der Waals surface area contributed by atoms with E-state index in [0.29, 0.717) is 11.0 Å². The van der Waals surface area contributed by atoms with Crippen molar-refractivity contribution < 1.29 is 25.5 Å². The number of benzene rings is 1. The van der Waals surface area contributed by atoms with Crippen LogP contribution >= 0.6 is 0 Å². The van der Waals surface area contributed by atoms with Gasteiger partial charge < -0.3 is 30.5 Å². The van der Waals surface area contributed by atoms with Crippen LogP contribution in [0.1, 0.15) is 11.9 Å². The van der Waals surface area contributed by atoms with Crippen LogP contribution in [-0.4, -0.2) is 60.4 Å². The third-order valence-electron chi connectivity index (χ3n) is 2.94. The number of hydrogen-bond acceptors (Lipinski definition) is 6. The molecule has 6 N–H and O–H groups in total. The lowest BCUT2D eigenvalue weighted by atomic mass is 10.0. The molecule has 19 heavy (non-hydrogen) atoms. The van der Waals surface area contributed by atoms with Gasteiger partial charge in [-0.25, -0.2) is 4.98 Å². The predicted octanol–water partition coefficient (Wildman–Crippen LogP) is -1.33. The molecule has 0 bridgehead atoms. The van der Waals surface area contributed by atoms with E-state index >= 15 is 0 Å². The highest BCUT2D eigenvalue weighted by Crippen LogP contribution is 2.21. The SMILES string of the molecule is OCC(O)C(O)C(O)[C@@H](O)c1nc2ccccc2[nH]1. The zero-order valence-electron chi connectivity index (χ0n) is 10.0. The first-order chi connectivity index (χ1) is 9.04. The fourth-order valence-corrected chi connectivity index (χ4v) is 1.80. The van der Waals surface area contributed by atoms with Crippen LogP contribution in [0.15, 0.2) is 24.3 Å². The summed E-state index contributed by atoms with van der Waals surface area (Å²) in [4.78, 5) is 6.89. The molecule has 0 fully saturated rings. The summed E-state index contributed by atoms with van der Waals surface area (Å²) >= 11 is 0. The second-order valence-electron chi connectivity index (χ2n) is 4.32. The van der Waals surface area contributed by atoms with Gasteiger partial charge in [0.2, 0.25) is 0 Å². The molecule has 0 aliphatic rings. The van der Waals surface area contributed by atoms with E-state index in [1.54, 1.807) is 24.3 Å². The molecule has 2 aromatic rings. The molecule has 1 aromatic carbocycles. The standard InChI is InChI=1S/C12H16N2O5/c15-5-8(16)9(17)10(18)11(19)12-13-6-3-1-2-4-7(6)14-12/h1-4,8-11,15-19H,5H2,(H,13,14)/t8?,9?,10?,11-/m1/s1. The summed E-state index contributed by atoms with van der Waals surface area (Å²) in [6.07, 6.45) is -6.37. The monoisotopic (exact) mass is 268 g/mol. The highest BCUT2D eigenvalue weighted by Gasteiger charge is 2.32. The smallest absolute Gasteiger partial charge is 0.140 e. The van der Waals surface area contributed by atoms with Crippen LogP contribution in [0, 0.1) is 0 Å². The highest BCUT2D eigenvalue weighted by molar-refractivity contribution is 5.74. The van der Waals surface area contributed by atoms with Crippen molar-refractivity contribution in [3.63, 3.8) is 0 Å². The maximum absolute atomic E-state index is 9.91. The van der Waals surface area contributed by atoms with E-state index in [-0.39, 0.29) is 5.82 Å². The molecule has 0 aliphatic carbocycles. The van der Waals surface area contributed by atoms with Crippen LogP contribution in [0.25, 0.3) is 11.0 Å². The Morgan fingerprint density at radius 1 is 1.05 bits per heavy atom. The Bertz CT molecular complexity index is 511. The minimum absolute atomic E-state index is 0.0814. The van der Waals surface area contributed by atoms with Gasteiger partial charge in [-0.2, -0.15) is 0 Å². The second-order valence-corrected chi connectivity index (χ2v) is 4.32. The lowest BCUT2D eigenvalue weighted by Crippen LogP contribution is -2.42. The second kappa shape index (κ2) is 5.64. The minimum atomic E-state index is -1.67. The molecule has 0 radical (unpaired) electrons. The summed E-state index contributed by atoms with van der Waals surface area (Å²) in [5, 5.41) is 47.1. The molecule has 0 amide bonds. The van der Waals surface area contributed by atoms with Gasteiger partial charge in [0.05, 0.1) is 17.6 Å². The third-order valence-corrected chi connectivity index (χ3v) is 2.94. The van der Waals surface area contributed by atoms with Gasteiger partial charge >= 0.3 is 0 Å². The zero-order valence-corrected chi connectivity index (χ0v) is 10.0. The molecule has 0 saturated carbocycles. The van der Waals surface area contributed by atoms with Gasteiger partial charge in [-0.3, -0.25) is 0 Å². The Morgan fingerprint density at radius 3 is 2.37 bits per heavy atom. The number of aromatic nitrogens is 2. The van der Waals surface area contributed by atoms with E-state index in [9.17, 15) is 20.4 Å². The molecule has 1 heterocycles. The summed E-state index contributed by atoms with van der Waals surface area (Å²) in [6.45, 7) is -0.717. The number of fused-ring (bicyclic) bond motifs is 1. The lowest BCUT2D eigenvalue weighted by Gasteiger charge is -2.24. The largest absolute Gasteiger partial charge is 0.394 e. The number of aromatic amines is 1. The summed E-state index contributed by atoms with van der Waals surface area (Å²) in [6, 6.07) is 7.05. The number of nitrogens with zero attached hydrogens (tertiary/aromatic N) is 1. The molecule has 1 aromatic heterocycles. The maximum Gasteiger partial charge on any atom is 0.140 e. The summed E-state index contributed by atoms with van der Waals surface area (Å²) < 4.78 is 0. The molecular weight excluding hydrogens is 252 g/mol. The lowest BCUT2D eigenvalue weighted by molar-refractivity contribution is -0.117. The Balaban J connectivity index is 2.20. The van der Waals surface area contributed by atoms with Crippen LogP contribution in [0.5, 0.6) is 0 Å². The number of para-hydroxylation sites is 2. The van der Waals surface area contributed by atoms with Crippen molar-refractivity contribution >= 4 is 11.0 Å². The van der Waals surface area contributed by atoms with Crippen molar-refractivity contribution in [1.29, 1.82) is 0 Å². The Morgan fingerprint density at radius 2 is 1.74 bits per heavy atom. The topological polar surface area (TPSA) is 130 Å². The average molecular weight is 268 g/mol. The van der Waals surface area contributed by atoms with E-state index in [2.05, 4.69) is 9.97 Å². The van der Waals surface area contributed by atoms with Gasteiger partial charge in [-0.15, -0.1) is 0 Å². The summed E-state index contributed by atoms with van der Waals surface area (Å²) in [5.41, 5.74) is 1.29. The normalized spacial score (nSPS) is 18.2. The number of imidazole rings is 1. The summed E-state index contributed by atoms with van der Waals surface area (Å²) in [5.74, 6) is 0.0814. The number of nitrogens with one attached hydrogen (secondary N) is 1. The van der Waals surface area contributed by atoms with Crippen LogP contribution in [0.2, 0.25) is 0 Å². The fraction of sp³-hybridized carbons (Fsp3) is 0.417. The van der Waals surface area contributed by atoms with E-state index in [0.717, 1.165) is 0 Å². The summed E-state index contributed by atoms with van der Waals surface area (Å²) in [7, 11) is 0. The molecule has 7 heteroatoms. The molecule has 3 unspecified atom stereocenters. The number of H-pyrrole nitrogens is 1. The average Bonchev–Trinajstić information content (AvgIpc) is 2.87. The first-order valence-corrected chi connectivity index (χ1v) is 5.82. The van der Waals surface area contributed by atoms with Gasteiger partial charge in [0.1, 0.15) is 30.2 Å². The molecule has 0 saturated heterocycles. The van der Waals surface area contributed by atoms with Gasteiger partial charge in [0.25, 0.3) is 0 Å². The fourth-order valence-electron chi connectivity index (χ4n) is 1.80. The van der Waals surface area contributed by atoms with Gasteiger partial charge in [-0.1, -0.05) is 12.1 Å². The number of aliphatic hydroxyl groups is 5. The van der Waals surface area contributed by atoms with Crippen LogP contribution < -0.4 is 0 Å². The molecule has 0 aliphatic heterocycles. The van der Waals surface area contributed by atoms with Crippen LogP contribution in [0.3, 0.4) is 0 Å². The third kappa shape index (κ3) is 2.75. The van der Waals surface area contributed by atoms with Crippen molar-refractivity contribution in [2.45, 2.75) is 24.4 Å². The molecule has 7 nitrogen and oxygen atoms in total. The van der Waals surface area contributed by atoms with Crippen molar-refractivity contribution in [3.8, 4) is 0 Å². The molecular formula is C12H16N2O5. The van der Waals surface area contributed by atoms with Crippen LogP contribution in [-0.2, 0) is 0 Å². The van der Waals surface area contributed by atoms with Gasteiger partial charge in [0, 0.05) is 0 Å². The maximum atomic E-state index is 9.91. The predicted molar refractivity (Wildman–Crippen MR) is 66.2 cm³/mol. The van der Waals surface area contributed by atoms with Gasteiger partial charge in [0.15, 0.2) is 0 Å². The number of rotatable bonds is 5. The van der Waals surface area contributed by atoms with E-state index in [4.69, 9.17) is 5.11 Å². The van der Waals surface area contributed by atoms with Crippen molar-refractivity contribution in [2.75, 3.05) is 6.61 Å². The molecule has 2 rings (SSSR count). The quantitative estimate of drug-likeness (QED) is 0.398. The van der Waals surface area contributed by atoms with Crippen molar-refractivity contribution in [2.24, 2.45) is 0 Å². The Labute approximate surface area is 108 Å². The molecule has 4 atom stereocenters.